The first-order chi connectivity index (χ1) is 6.27. The zero-order chi connectivity index (χ0) is 9.68. The van der Waals surface area contributed by atoms with Crippen molar-refractivity contribution in [2.75, 3.05) is 13.7 Å². The molecule has 4 nitrogen and oxygen atoms in total. The van der Waals surface area contributed by atoms with E-state index in [1.807, 2.05) is 0 Å². The summed E-state index contributed by atoms with van der Waals surface area (Å²) in [6, 6.07) is 5.04. The fourth-order valence-electron chi connectivity index (χ4n) is 0.944. The van der Waals surface area contributed by atoms with Crippen molar-refractivity contribution in [2.45, 2.75) is 6.61 Å². The van der Waals surface area contributed by atoms with Gasteiger partial charge in [0.05, 0.1) is 12.3 Å². The zero-order valence-electron chi connectivity index (χ0n) is 7.36. The van der Waals surface area contributed by atoms with Crippen molar-refractivity contribution in [1.82, 2.24) is 4.98 Å². The normalized spacial score (nSPS) is 10.0. The Bertz CT molecular complexity index is 299. The summed E-state index contributed by atoms with van der Waals surface area (Å²) in [6.45, 7) is -0.143. The largest absolute Gasteiger partial charge is 0.388 e. The van der Waals surface area contributed by atoms with Gasteiger partial charge in [-0.25, -0.2) is 4.98 Å². The molecule has 0 aliphatic rings. The topological polar surface area (TPSA) is 59.4 Å². The molecule has 0 spiro atoms. The Kier molecular flexibility index (Phi) is 3.54. The van der Waals surface area contributed by atoms with Crippen LogP contribution in [0.2, 0.25) is 0 Å². The Morgan fingerprint density at radius 1 is 1.62 bits per heavy atom. The van der Waals surface area contributed by atoms with Crippen molar-refractivity contribution in [3.63, 3.8) is 0 Å². The van der Waals surface area contributed by atoms with Gasteiger partial charge in [0, 0.05) is 7.11 Å². The van der Waals surface area contributed by atoms with Crippen molar-refractivity contribution >= 4 is 5.78 Å². The number of carbonyl (C=O) groups is 1. The Morgan fingerprint density at radius 3 is 3.00 bits per heavy atom. The van der Waals surface area contributed by atoms with E-state index in [4.69, 9.17) is 9.84 Å². The molecule has 0 fully saturated rings. The van der Waals surface area contributed by atoms with Crippen LogP contribution in [-0.2, 0) is 11.3 Å². The van der Waals surface area contributed by atoms with Crippen LogP contribution in [0.1, 0.15) is 16.2 Å². The number of nitrogens with zero attached hydrogens (tertiary/aromatic N) is 1. The van der Waals surface area contributed by atoms with Gasteiger partial charge in [0.25, 0.3) is 0 Å². The molecule has 0 aliphatic carbocycles. The Morgan fingerprint density at radius 2 is 2.38 bits per heavy atom. The summed E-state index contributed by atoms with van der Waals surface area (Å²) >= 11 is 0. The number of aromatic nitrogens is 1. The molecule has 1 aromatic heterocycles. The number of Topliss-reactive ketones (excluding diaryl/α,β-unsaturated/α-hetero) is 1. The maximum Gasteiger partial charge on any atom is 0.206 e. The van der Waals surface area contributed by atoms with Gasteiger partial charge in [0.2, 0.25) is 5.78 Å². The highest BCUT2D eigenvalue weighted by Crippen LogP contribution is 2.01. The summed E-state index contributed by atoms with van der Waals surface area (Å²) in [6.07, 6.45) is 0. The minimum absolute atomic E-state index is 0.275. The third-order valence-corrected chi connectivity index (χ3v) is 1.53. The first kappa shape index (κ1) is 9.83. The van der Waals surface area contributed by atoms with Gasteiger partial charge < -0.3 is 9.84 Å². The molecule has 0 amide bonds. The number of hydrogen-bond donors (Lipinski definition) is 1. The summed E-state index contributed by atoms with van der Waals surface area (Å²) in [5.74, 6) is -0.377. The molecular formula is C9H11NO3. The number of ketones is 1. The van der Waals surface area contributed by atoms with Crippen LogP contribution in [0.4, 0.5) is 0 Å². The molecule has 0 saturated carbocycles. The molecule has 13 heavy (non-hydrogen) atoms. The highest BCUT2D eigenvalue weighted by molar-refractivity contribution is 5.95. The lowest BCUT2D eigenvalue weighted by Crippen LogP contribution is -2.08. The third kappa shape index (κ3) is 2.61. The van der Waals surface area contributed by atoms with E-state index in [0.29, 0.717) is 12.3 Å². The average molecular weight is 181 g/mol. The predicted molar refractivity (Wildman–Crippen MR) is 46.4 cm³/mol. The molecule has 0 bridgehead atoms. The van der Waals surface area contributed by atoms with Crippen LogP contribution in [0.15, 0.2) is 18.2 Å². The summed E-state index contributed by atoms with van der Waals surface area (Å²) in [7, 11) is 1.56. The lowest BCUT2D eigenvalue weighted by molar-refractivity contribution is 0.0897. The van der Waals surface area contributed by atoms with E-state index in [2.05, 4.69) is 4.98 Å². The molecular weight excluding hydrogens is 170 g/mol. The van der Waals surface area contributed by atoms with E-state index in [1.165, 1.54) is 0 Å². The van der Waals surface area contributed by atoms with Gasteiger partial charge in [-0.15, -0.1) is 0 Å². The highest BCUT2D eigenvalue weighted by atomic mass is 16.5. The second-order valence-corrected chi connectivity index (χ2v) is 2.53. The van der Waals surface area contributed by atoms with Crippen LogP contribution in [0.5, 0.6) is 0 Å². The monoisotopic (exact) mass is 181 g/mol. The van der Waals surface area contributed by atoms with Gasteiger partial charge in [-0.1, -0.05) is 6.07 Å². The predicted octanol–water partition coefficient (Wildman–Crippen LogP) is 0.403. The van der Waals surface area contributed by atoms with E-state index in [-0.39, 0.29) is 11.5 Å². The number of methoxy groups -OCH3 is 1. The molecule has 1 heterocycles. The quantitative estimate of drug-likeness (QED) is 0.683. The van der Waals surface area contributed by atoms with Crippen LogP contribution in [0.3, 0.4) is 0 Å². The van der Waals surface area contributed by atoms with Gasteiger partial charge in [-0.05, 0) is 12.1 Å². The van der Waals surface area contributed by atoms with Crippen LogP contribution >= 0.6 is 0 Å². The number of aliphatic hydroxyl groups is 1. The van der Waals surface area contributed by atoms with Gasteiger partial charge in [-0.2, -0.15) is 0 Å². The molecule has 0 unspecified atom stereocenters. The average Bonchev–Trinajstić information content (AvgIpc) is 2.18. The molecule has 0 saturated heterocycles. The second-order valence-electron chi connectivity index (χ2n) is 2.53. The summed E-state index contributed by atoms with van der Waals surface area (Å²) in [5.41, 5.74) is 0.957. The number of ether oxygens (including phenoxy) is 1. The summed E-state index contributed by atoms with van der Waals surface area (Å²) in [5, 5.41) is 8.59. The van der Waals surface area contributed by atoms with Crippen molar-refractivity contribution in [1.29, 1.82) is 0 Å². The summed E-state index contributed by atoms with van der Waals surface area (Å²) in [4.78, 5) is 15.0. The van der Waals surface area contributed by atoms with Crippen molar-refractivity contribution in [3.05, 3.63) is 29.6 Å². The Labute approximate surface area is 76.2 Å². The Hall–Kier alpha value is -1.26. The first-order valence-corrected chi connectivity index (χ1v) is 3.87. The van der Waals surface area contributed by atoms with Gasteiger partial charge in [-0.3, -0.25) is 4.79 Å². The molecule has 4 heteroatoms. The first-order valence-electron chi connectivity index (χ1n) is 3.87. The fourth-order valence-corrected chi connectivity index (χ4v) is 0.944. The molecule has 1 aromatic rings. The van der Waals surface area contributed by atoms with Gasteiger partial charge >= 0.3 is 0 Å². The van der Waals surface area contributed by atoms with E-state index in [9.17, 15) is 4.79 Å². The van der Waals surface area contributed by atoms with Crippen molar-refractivity contribution in [3.8, 4) is 0 Å². The van der Waals surface area contributed by atoms with Crippen LogP contribution < -0.4 is 0 Å². The van der Waals surface area contributed by atoms with E-state index < -0.39 is 6.61 Å². The van der Waals surface area contributed by atoms with Crippen LogP contribution in [0.25, 0.3) is 0 Å². The van der Waals surface area contributed by atoms with Crippen LogP contribution in [-0.4, -0.2) is 29.6 Å². The third-order valence-electron chi connectivity index (χ3n) is 1.53. The van der Waals surface area contributed by atoms with E-state index in [1.54, 1.807) is 25.3 Å². The SMILES string of the molecule is COCc1cccc(C(=O)CO)n1. The Balaban J connectivity index is 2.85. The smallest absolute Gasteiger partial charge is 0.206 e. The lowest BCUT2D eigenvalue weighted by atomic mass is 10.2. The minimum Gasteiger partial charge on any atom is -0.388 e. The number of hydrogen-bond acceptors (Lipinski definition) is 4. The molecule has 70 valence electrons. The molecule has 1 rings (SSSR count). The number of pyridine rings is 1. The molecule has 0 radical (unpaired) electrons. The second kappa shape index (κ2) is 4.69. The highest BCUT2D eigenvalue weighted by Gasteiger charge is 2.05. The maximum atomic E-state index is 11.0. The minimum atomic E-state index is -0.510. The maximum absolute atomic E-state index is 11.0. The van der Waals surface area contributed by atoms with Crippen molar-refractivity contribution < 1.29 is 14.6 Å². The number of carbonyl (C=O) groups excluding carboxylic acids is 1. The van der Waals surface area contributed by atoms with Gasteiger partial charge in [0.1, 0.15) is 12.3 Å². The van der Waals surface area contributed by atoms with E-state index >= 15 is 0 Å². The molecule has 0 atom stereocenters. The zero-order valence-corrected chi connectivity index (χ0v) is 7.36. The lowest BCUT2D eigenvalue weighted by Gasteiger charge is -2.00. The molecule has 0 aromatic carbocycles. The fraction of sp³-hybridized carbons (Fsp3) is 0.333. The standard InChI is InChI=1S/C9H11NO3/c1-13-6-7-3-2-4-8(10-7)9(12)5-11/h2-4,11H,5-6H2,1H3. The molecule has 0 aliphatic heterocycles. The van der Waals surface area contributed by atoms with E-state index in [0.717, 1.165) is 0 Å². The van der Waals surface area contributed by atoms with Crippen LogP contribution in [0, 0.1) is 0 Å². The van der Waals surface area contributed by atoms with Crippen molar-refractivity contribution in [2.24, 2.45) is 0 Å². The summed E-state index contributed by atoms with van der Waals surface area (Å²) < 4.78 is 4.86. The molecule has 1 N–H and O–H groups in total. The van der Waals surface area contributed by atoms with Gasteiger partial charge in [0.15, 0.2) is 0 Å². The number of rotatable bonds is 4. The number of aliphatic hydroxyl groups excluding tert-OH is 1.